The van der Waals surface area contributed by atoms with Gasteiger partial charge >= 0.3 is 0 Å². The van der Waals surface area contributed by atoms with Gasteiger partial charge in [0.1, 0.15) is 11.5 Å². The van der Waals surface area contributed by atoms with Gasteiger partial charge in [0.25, 0.3) is 0 Å². The quantitative estimate of drug-likeness (QED) is 0.561. The second kappa shape index (κ2) is 9.00. The Morgan fingerprint density at radius 2 is 2.12 bits per heavy atom. The number of anilines is 1. The van der Waals surface area contributed by atoms with Crippen molar-refractivity contribution in [1.29, 1.82) is 0 Å². The number of fused-ring (bicyclic) bond motifs is 1. The van der Waals surface area contributed by atoms with Crippen molar-refractivity contribution >= 4 is 34.7 Å². The van der Waals surface area contributed by atoms with E-state index in [0.29, 0.717) is 56.1 Å². The molecule has 0 saturated carbocycles. The predicted molar refractivity (Wildman–Crippen MR) is 128 cm³/mol. The number of carbonyl (C=O) groups is 2. The van der Waals surface area contributed by atoms with Crippen LogP contribution < -0.4 is 4.90 Å². The first-order valence-corrected chi connectivity index (χ1v) is 11.8. The number of rotatable bonds is 4. The van der Waals surface area contributed by atoms with Crippen molar-refractivity contribution in [3.63, 3.8) is 0 Å². The molecule has 4 heterocycles. The number of hydrogen-bond donors (Lipinski definition) is 0. The van der Waals surface area contributed by atoms with E-state index in [1.165, 1.54) is 6.07 Å². The summed E-state index contributed by atoms with van der Waals surface area (Å²) >= 11 is 6.62. The molecular weight excluding hydrogens is 459 g/mol. The number of aryl methyl sites for hydroxylation is 1. The molecule has 2 aliphatic heterocycles. The highest BCUT2D eigenvalue weighted by Gasteiger charge is 2.29. The highest BCUT2D eigenvalue weighted by molar-refractivity contribution is 6.33. The Bertz CT molecular complexity index is 1270. The number of imidazole rings is 1. The van der Waals surface area contributed by atoms with E-state index in [9.17, 15) is 9.59 Å². The second-order valence-electron chi connectivity index (χ2n) is 8.93. The molecule has 5 rings (SSSR count). The minimum absolute atomic E-state index is 0.00317. The molecule has 0 bridgehead atoms. The van der Waals surface area contributed by atoms with E-state index in [-0.39, 0.29) is 28.5 Å². The molecule has 2 aromatic heterocycles. The maximum absolute atomic E-state index is 15.6. The summed E-state index contributed by atoms with van der Waals surface area (Å²) in [6, 6.07) is 6.89. The fourth-order valence-corrected chi connectivity index (χ4v) is 5.09. The average Bonchev–Trinajstić information content (AvgIpc) is 3.37. The lowest BCUT2D eigenvalue weighted by molar-refractivity contribution is -0.136. The summed E-state index contributed by atoms with van der Waals surface area (Å²) in [5, 5.41) is 0.200. The molecule has 0 N–H and O–H groups in total. The molecule has 178 valence electrons. The van der Waals surface area contributed by atoms with Gasteiger partial charge in [-0.05, 0) is 43.2 Å². The number of nitrogens with zero attached hydrogens (tertiary/aromatic N) is 4. The van der Waals surface area contributed by atoms with Crippen molar-refractivity contribution in [1.82, 2.24) is 14.3 Å². The summed E-state index contributed by atoms with van der Waals surface area (Å²) < 4.78 is 23.4. The number of pyridine rings is 1. The van der Waals surface area contributed by atoms with E-state index in [1.807, 2.05) is 29.7 Å². The lowest BCUT2D eigenvalue weighted by Gasteiger charge is -2.32. The molecule has 2 saturated heterocycles. The maximum atomic E-state index is 15.6. The molecule has 1 atom stereocenters. The maximum Gasteiger partial charge on any atom is 0.227 e. The predicted octanol–water partition coefficient (Wildman–Crippen LogP) is 4.02. The van der Waals surface area contributed by atoms with E-state index >= 15 is 4.39 Å². The number of aromatic nitrogens is 2. The monoisotopic (exact) mass is 484 g/mol. The van der Waals surface area contributed by atoms with Crippen LogP contribution in [0.5, 0.6) is 0 Å². The van der Waals surface area contributed by atoms with E-state index < -0.39 is 5.82 Å². The molecule has 7 nitrogen and oxygen atoms in total. The molecule has 2 fully saturated rings. The van der Waals surface area contributed by atoms with Crippen molar-refractivity contribution in [2.45, 2.75) is 39.2 Å². The molecular formula is C25H26ClFN4O3. The summed E-state index contributed by atoms with van der Waals surface area (Å²) in [5.41, 5.74) is 3.57. The topological polar surface area (TPSA) is 67.2 Å². The average molecular weight is 485 g/mol. The Labute approximate surface area is 202 Å². The summed E-state index contributed by atoms with van der Waals surface area (Å²) in [5.74, 6) is -0.557. The third-order valence-corrected chi connectivity index (χ3v) is 6.83. The number of carbonyl (C=O) groups excluding carboxylic acids is 2. The third-order valence-electron chi connectivity index (χ3n) is 6.53. The van der Waals surface area contributed by atoms with Crippen LogP contribution in [0.2, 0.25) is 5.02 Å². The Kier molecular flexibility index (Phi) is 6.04. The first-order chi connectivity index (χ1) is 16.3. The summed E-state index contributed by atoms with van der Waals surface area (Å²) in [6.45, 7) is 5.54. The minimum atomic E-state index is -0.529. The van der Waals surface area contributed by atoms with Crippen LogP contribution in [0.3, 0.4) is 0 Å². The number of amides is 2. The van der Waals surface area contributed by atoms with Crippen LogP contribution in [-0.4, -0.2) is 58.4 Å². The van der Waals surface area contributed by atoms with Crippen molar-refractivity contribution in [2.75, 3.05) is 31.1 Å². The zero-order valence-electron chi connectivity index (χ0n) is 19.2. The first kappa shape index (κ1) is 22.8. The van der Waals surface area contributed by atoms with Gasteiger partial charge in [-0.3, -0.25) is 9.59 Å². The number of halogens is 2. The van der Waals surface area contributed by atoms with Crippen molar-refractivity contribution in [3.8, 4) is 11.3 Å². The molecule has 3 aromatic rings. The number of hydrogen-bond acceptors (Lipinski definition) is 4. The smallest absolute Gasteiger partial charge is 0.227 e. The lowest BCUT2D eigenvalue weighted by atomic mass is 10.0. The standard InChI is InChI=1S/C25H26ClFN4O3/c1-15-5-7-31-21(13-18-14-29(16(2)32)8-9-34-18)25(28-22(31)10-15)24-19(26)11-17(12-20(24)27)30-6-3-4-23(30)33/h5,7,10-12,18H,3-4,6,8-9,13-14H2,1-2H3. The van der Waals surface area contributed by atoms with Gasteiger partial charge in [0, 0.05) is 51.3 Å². The van der Waals surface area contributed by atoms with Crippen molar-refractivity contribution in [3.05, 3.63) is 52.6 Å². The van der Waals surface area contributed by atoms with Gasteiger partial charge in [-0.25, -0.2) is 9.37 Å². The van der Waals surface area contributed by atoms with Crippen LogP contribution >= 0.6 is 11.6 Å². The molecule has 0 radical (unpaired) electrons. The van der Waals surface area contributed by atoms with Gasteiger partial charge in [0.15, 0.2) is 0 Å². The van der Waals surface area contributed by atoms with E-state index in [4.69, 9.17) is 21.3 Å². The van der Waals surface area contributed by atoms with Crippen molar-refractivity contribution < 1.29 is 18.7 Å². The Hall–Kier alpha value is -2.97. The van der Waals surface area contributed by atoms with Gasteiger partial charge in [0.05, 0.1) is 34.7 Å². The summed E-state index contributed by atoms with van der Waals surface area (Å²) in [4.78, 5) is 32.1. The normalized spacial score (nSPS) is 18.8. The van der Waals surface area contributed by atoms with Crippen LogP contribution in [0.4, 0.5) is 10.1 Å². The molecule has 2 aliphatic rings. The van der Waals surface area contributed by atoms with Gasteiger partial charge in [-0.15, -0.1) is 0 Å². The number of morpholine rings is 1. The third kappa shape index (κ3) is 4.16. The molecule has 1 unspecified atom stereocenters. The van der Waals surface area contributed by atoms with Crippen LogP contribution in [0.25, 0.3) is 16.9 Å². The lowest BCUT2D eigenvalue weighted by Crippen LogP contribution is -2.45. The SMILES string of the molecule is CC(=O)N1CCOC(Cc2c(-c3c(F)cc(N4CCCC4=O)cc3Cl)nc3cc(C)ccn23)C1. The fraction of sp³-hybridized carbons (Fsp3) is 0.400. The van der Waals surface area contributed by atoms with E-state index in [0.717, 1.165) is 17.7 Å². The van der Waals surface area contributed by atoms with E-state index in [1.54, 1.807) is 22.8 Å². The Morgan fingerprint density at radius 3 is 2.82 bits per heavy atom. The van der Waals surface area contributed by atoms with E-state index in [2.05, 4.69) is 0 Å². The zero-order chi connectivity index (χ0) is 24.0. The molecule has 2 amide bonds. The highest BCUT2D eigenvalue weighted by Crippen LogP contribution is 2.38. The van der Waals surface area contributed by atoms with Gasteiger partial charge in [-0.1, -0.05) is 11.6 Å². The van der Waals surface area contributed by atoms with Crippen LogP contribution in [0.15, 0.2) is 30.5 Å². The molecule has 1 aromatic carbocycles. The van der Waals surface area contributed by atoms with Crippen LogP contribution in [0.1, 0.15) is 31.0 Å². The van der Waals surface area contributed by atoms with Crippen LogP contribution in [0, 0.1) is 12.7 Å². The Morgan fingerprint density at radius 1 is 1.29 bits per heavy atom. The molecule has 0 aliphatic carbocycles. The van der Waals surface area contributed by atoms with Gasteiger partial charge in [0.2, 0.25) is 11.8 Å². The number of ether oxygens (including phenoxy) is 1. The Balaban J connectivity index is 1.58. The number of benzene rings is 1. The van der Waals surface area contributed by atoms with Crippen molar-refractivity contribution in [2.24, 2.45) is 0 Å². The summed E-state index contributed by atoms with van der Waals surface area (Å²) in [6.07, 6.45) is 3.29. The second-order valence-corrected chi connectivity index (χ2v) is 9.34. The molecule has 34 heavy (non-hydrogen) atoms. The molecule has 9 heteroatoms. The minimum Gasteiger partial charge on any atom is -0.374 e. The largest absolute Gasteiger partial charge is 0.374 e. The first-order valence-electron chi connectivity index (χ1n) is 11.5. The van der Waals surface area contributed by atoms with Crippen LogP contribution in [-0.2, 0) is 20.7 Å². The fourth-order valence-electron chi connectivity index (χ4n) is 4.80. The highest BCUT2D eigenvalue weighted by atomic mass is 35.5. The van der Waals surface area contributed by atoms with Gasteiger partial charge < -0.3 is 18.9 Å². The zero-order valence-corrected chi connectivity index (χ0v) is 19.9. The summed E-state index contributed by atoms with van der Waals surface area (Å²) in [7, 11) is 0. The van der Waals surface area contributed by atoms with Gasteiger partial charge in [-0.2, -0.15) is 0 Å². The molecule has 0 spiro atoms.